The van der Waals surface area contributed by atoms with Gasteiger partial charge in [0, 0.05) is 29.6 Å². The number of ether oxygens (including phenoxy) is 1. The molecule has 0 aliphatic carbocycles. The number of nitrogens with zero attached hydrogens (tertiary/aromatic N) is 3. The van der Waals surface area contributed by atoms with Crippen molar-refractivity contribution in [3.05, 3.63) is 81.5 Å². The van der Waals surface area contributed by atoms with Gasteiger partial charge in [-0.15, -0.1) is 0 Å². The van der Waals surface area contributed by atoms with Gasteiger partial charge in [0.15, 0.2) is 5.16 Å². The number of aromatic nitrogens is 2. The SMILES string of the molecule is Cc1cccc(Oc2cc(C)nc(SCc3ccc([N+](=O)[O-])cc3)n2)c1. The average Bonchev–Trinajstić information content (AvgIpc) is 2.60. The van der Waals surface area contributed by atoms with Gasteiger partial charge in [-0.1, -0.05) is 36.0 Å². The lowest BCUT2D eigenvalue weighted by molar-refractivity contribution is -0.384. The lowest BCUT2D eigenvalue weighted by Gasteiger charge is -2.08. The third-order valence-electron chi connectivity index (χ3n) is 3.54. The Bertz CT molecular complexity index is 930. The van der Waals surface area contributed by atoms with Crippen molar-refractivity contribution in [3.8, 4) is 11.6 Å². The molecule has 0 spiro atoms. The van der Waals surface area contributed by atoms with E-state index in [1.165, 1.54) is 23.9 Å². The summed E-state index contributed by atoms with van der Waals surface area (Å²) in [5, 5.41) is 11.3. The van der Waals surface area contributed by atoms with E-state index in [0.29, 0.717) is 16.8 Å². The molecule has 3 aromatic rings. The molecule has 0 aliphatic rings. The average molecular weight is 367 g/mol. The first-order valence-corrected chi connectivity index (χ1v) is 8.94. The van der Waals surface area contributed by atoms with Gasteiger partial charge in [-0.25, -0.2) is 4.98 Å². The standard InChI is InChI=1S/C19H17N3O3S/c1-13-4-3-5-17(10-13)25-18-11-14(2)20-19(21-18)26-12-15-6-8-16(9-7-15)22(23)24/h3-11H,12H2,1-2H3. The van der Waals surface area contributed by atoms with Crippen LogP contribution in [-0.4, -0.2) is 14.9 Å². The van der Waals surface area contributed by atoms with E-state index in [0.717, 1.165) is 22.6 Å². The summed E-state index contributed by atoms with van der Waals surface area (Å²) in [7, 11) is 0. The fourth-order valence-electron chi connectivity index (χ4n) is 2.29. The maximum Gasteiger partial charge on any atom is 0.269 e. The fourth-order valence-corrected chi connectivity index (χ4v) is 3.14. The van der Waals surface area contributed by atoms with Crippen LogP contribution in [0.3, 0.4) is 0 Å². The van der Waals surface area contributed by atoms with E-state index in [2.05, 4.69) is 9.97 Å². The van der Waals surface area contributed by atoms with Crippen LogP contribution < -0.4 is 4.74 Å². The minimum Gasteiger partial charge on any atom is -0.439 e. The van der Waals surface area contributed by atoms with Gasteiger partial charge in [0.2, 0.25) is 5.88 Å². The molecular weight excluding hydrogens is 350 g/mol. The van der Waals surface area contributed by atoms with Crippen molar-refractivity contribution in [2.75, 3.05) is 0 Å². The van der Waals surface area contributed by atoms with Crippen LogP contribution in [0.15, 0.2) is 59.8 Å². The highest BCUT2D eigenvalue weighted by atomic mass is 32.2. The Kier molecular flexibility index (Phi) is 5.48. The lowest BCUT2D eigenvalue weighted by atomic mass is 10.2. The van der Waals surface area contributed by atoms with Gasteiger partial charge in [0.25, 0.3) is 5.69 Å². The Morgan fingerprint density at radius 1 is 1.08 bits per heavy atom. The zero-order valence-electron chi connectivity index (χ0n) is 14.4. The van der Waals surface area contributed by atoms with Crippen molar-refractivity contribution in [2.24, 2.45) is 0 Å². The van der Waals surface area contributed by atoms with Gasteiger partial charge >= 0.3 is 0 Å². The monoisotopic (exact) mass is 367 g/mol. The van der Waals surface area contributed by atoms with Crippen molar-refractivity contribution in [3.63, 3.8) is 0 Å². The van der Waals surface area contributed by atoms with Gasteiger partial charge in [-0.2, -0.15) is 4.98 Å². The summed E-state index contributed by atoms with van der Waals surface area (Å²) in [6.07, 6.45) is 0. The molecule has 0 bridgehead atoms. The number of benzene rings is 2. The minimum absolute atomic E-state index is 0.0828. The second-order valence-electron chi connectivity index (χ2n) is 5.76. The van der Waals surface area contributed by atoms with Crippen LogP contribution in [0.5, 0.6) is 11.6 Å². The highest BCUT2D eigenvalue weighted by molar-refractivity contribution is 7.98. The minimum atomic E-state index is -0.407. The van der Waals surface area contributed by atoms with Crippen LogP contribution in [-0.2, 0) is 5.75 Å². The molecule has 0 saturated heterocycles. The van der Waals surface area contributed by atoms with E-state index in [1.807, 2.05) is 38.1 Å². The molecule has 26 heavy (non-hydrogen) atoms. The molecule has 0 unspecified atom stereocenters. The summed E-state index contributed by atoms with van der Waals surface area (Å²) in [4.78, 5) is 19.2. The summed E-state index contributed by atoms with van der Waals surface area (Å²) in [5.74, 6) is 1.84. The number of rotatable bonds is 6. The summed E-state index contributed by atoms with van der Waals surface area (Å²) in [6.45, 7) is 3.89. The Morgan fingerprint density at radius 2 is 1.85 bits per heavy atom. The first-order valence-electron chi connectivity index (χ1n) is 7.96. The van der Waals surface area contributed by atoms with Gasteiger partial charge in [0.1, 0.15) is 5.75 Å². The molecule has 1 heterocycles. The molecule has 0 amide bonds. The Labute approximate surface area is 155 Å². The van der Waals surface area contributed by atoms with Crippen LogP contribution >= 0.6 is 11.8 Å². The fraction of sp³-hybridized carbons (Fsp3) is 0.158. The number of hydrogen-bond acceptors (Lipinski definition) is 6. The van der Waals surface area contributed by atoms with Crippen molar-refractivity contribution in [1.82, 2.24) is 9.97 Å². The maximum atomic E-state index is 10.7. The number of nitro groups is 1. The number of thioether (sulfide) groups is 1. The largest absolute Gasteiger partial charge is 0.439 e. The quantitative estimate of drug-likeness (QED) is 0.261. The summed E-state index contributed by atoms with van der Waals surface area (Å²) < 4.78 is 5.84. The van der Waals surface area contributed by atoms with E-state index in [-0.39, 0.29) is 5.69 Å². The van der Waals surface area contributed by atoms with Crippen LogP contribution in [0.1, 0.15) is 16.8 Å². The smallest absolute Gasteiger partial charge is 0.269 e. The number of hydrogen-bond donors (Lipinski definition) is 0. The van der Waals surface area contributed by atoms with Crippen molar-refractivity contribution < 1.29 is 9.66 Å². The third-order valence-corrected chi connectivity index (χ3v) is 4.46. The van der Waals surface area contributed by atoms with E-state index in [4.69, 9.17) is 4.74 Å². The first-order chi connectivity index (χ1) is 12.5. The normalized spacial score (nSPS) is 10.5. The molecule has 0 aliphatic heterocycles. The van der Waals surface area contributed by atoms with Gasteiger partial charge in [-0.3, -0.25) is 10.1 Å². The zero-order valence-corrected chi connectivity index (χ0v) is 15.2. The van der Waals surface area contributed by atoms with E-state index < -0.39 is 4.92 Å². The van der Waals surface area contributed by atoms with Gasteiger partial charge < -0.3 is 4.74 Å². The Balaban J connectivity index is 1.70. The number of non-ortho nitro benzene ring substituents is 1. The van der Waals surface area contributed by atoms with Crippen molar-refractivity contribution >= 4 is 17.4 Å². The molecule has 1 aromatic heterocycles. The predicted octanol–water partition coefficient (Wildman–Crippen LogP) is 5.09. The highest BCUT2D eigenvalue weighted by Gasteiger charge is 2.08. The summed E-state index contributed by atoms with van der Waals surface area (Å²) in [5.41, 5.74) is 2.97. The van der Waals surface area contributed by atoms with E-state index in [1.54, 1.807) is 18.2 Å². The second-order valence-corrected chi connectivity index (χ2v) is 6.70. The van der Waals surface area contributed by atoms with E-state index >= 15 is 0 Å². The number of nitro benzene ring substituents is 1. The Morgan fingerprint density at radius 3 is 2.54 bits per heavy atom. The summed E-state index contributed by atoms with van der Waals surface area (Å²) in [6, 6.07) is 16.0. The van der Waals surface area contributed by atoms with Crippen molar-refractivity contribution in [1.29, 1.82) is 0 Å². The molecule has 0 N–H and O–H groups in total. The van der Waals surface area contributed by atoms with Crippen LogP contribution in [0.25, 0.3) is 0 Å². The Hall–Kier alpha value is -2.93. The van der Waals surface area contributed by atoms with Crippen LogP contribution in [0.4, 0.5) is 5.69 Å². The van der Waals surface area contributed by atoms with Crippen LogP contribution in [0, 0.1) is 24.0 Å². The molecular formula is C19H17N3O3S. The molecule has 0 fully saturated rings. The number of aryl methyl sites for hydroxylation is 2. The van der Waals surface area contributed by atoms with Crippen molar-refractivity contribution in [2.45, 2.75) is 24.8 Å². The predicted molar refractivity (Wildman–Crippen MR) is 101 cm³/mol. The van der Waals surface area contributed by atoms with Crippen LogP contribution in [0.2, 0.25) is 0 Å². The zero-order chi connectivity index (χ0) is 18.5. The van der Waals surface area contributed by atoms with Gasteiger partial charge in [-0.05, 0) is 37.1 Å². The molecule has 6 nitrogen and oxygen atoms in total. The first kappa shape index (κ1) is 17.9. The molecule has 0 atom stereocenters. The molecule has 3 rings (SSSR count). The lowest BCUT2D eigenvalue weighted by Crippen LogP contribution is -1.95. The summed E-state index contributed by atoms with van der Waals surface area (Å²) >= 11 is 1.46. The molecule has 0 radical (unpaired) electrons. The topological polar surface area (TPSA) is 78.2 Å². The highest BCUT2D eigenvalue weighted by Crippen LogP contribution is 2.26. The maximum absolute atomic E-state index is 10.7. The molecule has 2 aromatic carbocycles. The van der Waals surface area contributed by atoms with E-state index in [9.17, 15) is 10.1 Å². The molecule has 132 valence electrons. The second kappa shape index (κ2) is 7.97. The molecule has 0 saturated carbocycles. The molecule has 7 heteroatoms. The van der Waals surface area contributed by atoms with Gasteiger partial charge in [0.05, 0.1) is 4.92 Å². The third kappa shape index (κ3) is 4.80.